The highest BCUT2D eigenvalue weighted by atomic mass is 16.4. The van der Waals surface area contributed by atoms with Crippen LogP contribution in [0.1, 0.15) is 29.2 Å². The number of nitrogens with two attached hydrogens (primary N) is 1. The molecule has 1 aromatic heterocycles. The summed E-state index contributed by atoms with van der Waals surface area (Å²) in [7, 11) is 0. The van der Waals surface area contributed by atoms with E-state index < -0.39 is 0 Å². The summed E-state index contributed by atoms with van der Waals surface area (Å²) in [6.45, 7) is 4.14. The SMILES string of the molecule is NCc1ccc(C(=O)N2CCN3CCCC3C2)o1. The smallest absolute Gasteiger partial charge is 0.289 e. The summed E-state index contributed by atoms with van der Waals surface area (Å²) in [6.07, 6.45) is 2.46. The standard InChI is InChI=1S/C13H19N3O2/c14-8-11-3-4-12(18-11)13(17)16-7-6-15-5-1-2-10(15)9-16/h3-4,10H,1-2,5-9,14H2. The Balaban J connectivity index is 1.69. The van der Waals surface area contributed by atoms with Gasteiger partial charge < -0.3 is 15.1 Å². The van der Waals surface area contributed by atoms with E-state index in [9.17, 15) is 4.79 Å². The number of hydrogen-bond acceptors (Lipinski definition) is 4. The first-order valence-corrected chi connectivity index (χ1v) is 6.60. The van der Waals surface area contributed by atoms with Crippen molar-refractivity contribution in [2.45, 2.75) is 25.4 Å². The predicted octanol–water partition coefficient (Wildman–Crippen LogP) is 0.659. The van der Waals surface area contributed by atoms with Crippen LogP contribution in [0.15, 0.2) is 16.5 Å². The molecule has 5 heteroatoms. The van der Waals surface area contributed by atoms with Gasteiger partial charge in [-0.25, -0.2) is 0 Å². The quantitative estimate of drug-likeness (QED) is 0.836. The molecule has 98 valence electrons. The number of fused-ring (bicyclic) bond motifs is 1. The summed E-state index contributed by atoms with van der Waals surface area (Å²) in [4.78, 5) is 16.7. The van der Waals surface area contributed by atoms with Crippen LogP contribution in [-0.2, 0) is 6.54 Å². The molecule has 2 saturated heterocycles. The van der Waals surface area contributed by atoms with E-state index in [0.717, 1.165) is 19.6 Å². The summed E-state index contributed by atoms with van der Waals surface area (Å²) in [5, 5.41) is 0. The highest BCUT2D eigenvalue weighted by molar-refractivity contribution is 5.91. The Labute approximate surface area is 107 Å². The van der Waals surface area contributed by atoms with E-state index >= 15 is 0 Å². The zero-order valence-corrected chi connectivity index (χ0v) is 10.5. The molecule has 0 aromatic carbocycles. The van der Waals surface area contributed by atoms with Crippen molar-refractivity contribution in [3.8, 4) is 0 Å². The first-order chi connectivity index (χ1) is 8.78. The van der Waals surface area contributed by atoms with E-state index in [1.54, 1.807) is 12.1 Å². The van der Waals surface area contributed by atoms with Gasteiger partial charge in [-0.3, -0.25) is 9.69 Å². The molecule has 2 fully saturated rings. The molecule has 0 saturated carbocycles. The van der Waals surface area contributed by atoms with Gasteiger partial charge in [-0.2, -0.15) is 0 Å². The average molecular weight is 249 g/mol. The molecular weight excluding hydrogens is 230 g/mol. The fourth-order valence-corrected chi connectivity index (χ4v) is 2.93. The minimum Gasteiger partial charge on any atom is -0.455 e. The van der Waals surface area contributed by atoms with Crippen LogP contribution in [0.3, 0.4) is 0 Å². The molecule has 5 nitrogen and oxygen atoms in total. The Morgan fingerprint density at radius 2 is 2.28 bits per heavy atom. The maximum absolute atomic E-state index is 12.3. The average Bonchev–Trinajstić information content (AvgIpc) is 3.05. The summed E-state index contributed by atoms with van der Waals surface area (Å²) >= 11 is 0. The Morgan fingerprint density at radius 3 is 3.06 bits per heavy atom. The van der Waals surface area contributed by atoms with Gasteiger partial charge in [-0.1, -0.05) is 0 Å². The number of furan rings is 1. The van der Waals surface area contributed by atoms with Crippen LogP contribution < -0.4 is 5.73 Å². The lowest BCUT2D eigenvalue weighted by Crippen LogP contribution is -2.51. The van der Waals surface area contributed by atoms with Crippen LogP contribution in [0, 0.1) is 0 Å². The van der Waals surface area contributed by atoms with Crippen LogP contribution in [0.5, 0.6) is 0 Å². The minimum atomic E-state index is 0.00116. The lowest BCUT2D eigenvalue weighted by Gasteiger charge is -2.37. The van der Waals surface area contributed by atoms with Crippen LogP contribution in [-0.4, -0.2) is 47.9 Å². The first-order valence-electron chi connectivity index (χ1n) is 6.60. The minimum absolute atomic E-state index is 0.00116. The highest BCUT2D eigenvalue weighted by Crippen LogP contribution is 2.22. The van der Waals surface area contributed by atoms with E-state index in [1.807, 2.05) is 4.90 Å². The molecule has 18 heavy (non-hydrogen) atoms. The summed E-state index contributed by atoms with van der Waals surface area (Å²) in [6, 6.07) is 4.05. The number of amides is 1. The maximum atomic E-state index is 12.3. The van der Waals surface area contributed by atoms with Crippen molar-refractivity contribution < 1.29 is 9.21 Å². The molecule has 0 bridgehead atoms. The first kappa shape index (κ1) is 11.7. The number of hydrogen-bond donors (Lipinski definition) is 1. The van der Waals surface area contributed by atoms with Crippen LogP contribution in [0.4, 0.5) is 0 Å². The Hall–Kier alpha value is -1.33. The van der Waals surface area contributed by atoms with Crippen molar-refractivity contribution in [1.29, 1.82) is 0 Å². The van der Waals surface area contributed by atoms with Gasteiger partial charge >= 0.3 is 0 Å². The fraction of sp³-hybridized carbons (Fsp3) is 0.615. The van der Waals surface area contributed by atoms with Crippen LogP contribution in [0.25, 0.3) is 0 Å². The molecule has 1 aromatic rings. The number of piperazine rings is 1. The van der Waals surface area contributed by atoms with Gasteiger partial charge in [0.05, 0.1) is 6.54 Å². The van der Waals surface area contributed by atoms with Gasteiger partial charge in [-0.15, -0.1) is 0 Å². The highest BCUT2D eigenvalue weighted by Gasteiger charge is 2.33. The van der Waals surface area contributed by atoms with Crippen molar-refractivity contribution in [2.75, 3.05) is 26.2 Å². The topological polar surface area (TPSA) is 62.7 Å². The van der Waals surface area contributed by atoms with Crippen molar-refractivity contribution in [2.24, 2.45) is 5.73 Å². The third-order valence-corrected chi connectivity index (χ3v) is 3.95. The van der Waals surface area contributed by atoms with Crippen molar-refractivity contribution in [3.63, 3.8) is 0 Å². The Morgan fingerprint density at radius 1 is 1.39 bits per heavy atom. The Kier molecular flexibility index (Phi) is 3.09. The molecule has 3 heterocycles. The largest absolute Gasteiger partial charge is 0.455 e. The summed E-state index contributed by atoms with van der Waals surface area (Å²) < 4.78 is 5.43. The lowest BCUT2D eigenvalue weighted by atomic mass is 10.1. The van der Waals surface area contributed by atoms with Crippen molar-refractivity contribution in [1.82, 2.24) is 9.80 Å². The number of rotatable bonds is 2. The molecule has 2 aliphatic rings. The molecular formula is C13H19N3O2. The van der Waals surface area contributed by atoms with Crippen LogP contribution in [0.2, 0.25) is 0 Å². The van der Waals surface area contributed by atoms with E-state index in [4.69, 9.17) is 10.2 Å². The fourth-order valence-electron chi connectivity index (χ4n) is 2.93. The molecule has 1 amide bonds. The molecule has 2 aliphatic heterocycles. The van der Waals surface area contributed by atoms with Crippen molar-refractivity contribution >= 4 is 5.91 Å². The monoisotopic (exact) mass is 249 g/mol. The van der Waals surface area contributed by atoms with Gasteiger partial charge in [-0.05, 0) is 31.5 Å². The molecule has 1 unspecified atom stereocenters. The normalized spacial score (nSPS) is 24.3. The summed E-state index contributed by atoms with van der Waals surface area (Å²) in [5.41, 5.74) is 5.49. The molecule has 0 aliphatic carbocycles. The lowest BCUT2D eigenvalue weighted by molar-refractivity contribution is 0.0540. The van der Waals surface area contributed by atoms with Gasteiger partial charge in [0.15, 0.2) is 5.76 Å². The van der Waals surface area contributed by atoms with E-state index in [1.165, 1.54) is 19.4 Å². The second-order valence-electron chi connectivity index (χ2n) is 5.05. The number of carbonyl (C=O) groups is 1. The second-order valence-corrected chi connectivity index (χ2v) is 5.05. The number of carbonyl (C=O) groups excluding carboxylic acids is 1. The molecule has 0 radical (unpaired) electrons. The van der Waals surface area contributed by atoms with Gasteiger partial charge in [0.2, 0.25) is 0 Å². The molecule has 2 N–H and O–H groups in total. The molecule has 0 spiro atoms. The third kappa shape index (κ3) is 2.04. The van der Waals surface area contributed by atoms with Gasteiger partial charge in [0.1, 0.15) is 5.76 Å². The van der Waals surface area contributed by atoms with E-state index in [-0.39, 0.29) is 5.91 Å². The van der Waals surface area contributed by atoms with Gasteiger partial charge in [0, 0.05) is 25.7 Å². The molecule has 1 atom stereocenters. The zero-order valence-electron chi connectivity index (χ0n) is 10.5. The third-order valence-electron chi connectivity index (χ3n) is 3.95. The van der Waals surface area contributed by atoms with Gasteiger partial charge in [0.25, 0.3) is 5.91 Å². The molecule has 3 rings (SSSR count). The zero-order chi connectivity index (χ0) is 12.5. The Bertz CT molecular complexity index is 443. The second kappa shape index (κ2) is 4.74. The van der Waals surface area contributed by atoms with Crippen molar-refractivity contribution in [3.05, 3.63) is 23.7 Å². The van der Waals surface area contributed by atoms with E-state index in [0.29, 0.717) is 24.1 Å². The predicted molar refractivity (Wildman–Crippen MR) is 67.1 cm³/mol. The number of nitrogens with zero attached hydrogens (tertiary/aromatic N) is 2. The van der Waals surface area contributed by atoms with E-state index in [2.05, 4.69) is 4.90 Å². The maximum Gasteiger partial charge on any atom is 0.289 e. The van der Waals surface area contributed by atoms with Crippen LogP contribution >= 0.6 is 0 Å². The summed E-state index contributed by atoms with van der Waals surface area (Å²) in [5.74, 6) is 1.08.